The Balaban J connectivity index is 1.82. The summed E-state index contributed by atoms with van der Waals surface area (Å²) in [4.78, 5) is 33.2. The Morgan fingerprint density at radius 3 is 2.91 bits per heavy atom. The minimum atomic E-state index is -0.886. The maximum Gasteiger partial charge on any atom is 0.272 e. The van der Waals surface area contributed by atoms with Gasteiger partial charge in [0.25, 0.3) is 11.8 Å². The highest BCUT2D eigenvalue weighted by molar-refractivity contribution is 5.93. The molecule has 1 atom stereocenters. The maximum atomic E-state index is 12.7. The molecule has 0 N–H and O–H groups in total. The first-order valence-electron chi connectivity index (χ1n) is 8.14. The first kappa shape index (κ1) is 15.9. The molecule has 6 nitrogen and oxygen atoms in total. The summed E-state index contributed by atoms with van der Waals surface area (Å²) in [7, 11) is 1.81. The van der Waals surface area contributed by atoms with Gasteiger partial charge in [0.15, 0.2) is 5.60 Å². The zero-order chi connectivity index (χ0) is 16.4. The van der Waals surface area contributed by atoms with Gasteiger partial charge >= 0.3 is 0 Å². The summed E-state index contributed by atoms with van der Waals surface area (Å²) in [6.07, 6.45) is 2.57. The van der Waals surface area contributed by atoms with E-state index < -0.39 is 5.60 Å². The quantitative estimate of drug-likeness (QED) is 0.782. The smallest absolute Gasteiger partial charge is 0.272 e. The molecule has 2 aliphatic rings. The van der Waals surface area contributed by atoms with Gasteiger partial charge in [-0.25, -0.2) is 4.98 Å². The van der Waals surface area contributed by atoms with Crippen LogP contribution >= 0.6 is 0 Å². The molecule has 23 heavy (non-hydrogen) atoms. The summed E-state index contributed by atoms with van der Waals surface area (Å²) in [5.41, 5.74) is 0.351. The van der Waals surface area contributed by atoms with Gasteiger partial charge in [0.1, 0.15) is 5.69 Å². The van der Waals surface area contributed by atoms with Crippen LogP contribution in [0.3, 0.4) is 0 Å². The van der Waals surface area contributed by atoms with Gasteiger partial charge in [0, 0.05) is 25.8 Å². The molecule has 2 fully saturated rings. The number of carbonyl (C=O) groups excluding carboxylic acids is 2. The molecule has 124 valence electrons. The van der Waals surface area contributed by atoms with E-state index in [1.54, 1.807) is 15.9 Å². The topological polar surface area (TPSA) is 62.7 Å². The zero-order valence-corrected chi connectivity index (χ0v) is 13.7. The lowest BCUT2D eigenvalue weighted by molar-refractivity contribution is -0.166. The molecule has 3 heterocycles. The molecule has 0 aromatic carbocycles. The maximum absolute atomic E-state index is 12.7. The van der Waals surface area contributed by atoms with Gasteiger partial charge in [0.05, 0.1) is 13.2 Å². The second-order valence-electron chi connectivity index (χ2n) is 6.42. The van der Waals surface area contributed by atoms with Gasteiger partial charge < -0.3 is 14.5 Å². The highest BCUT2D eigenvalue weighted by Gasteiger charge is 2.47. The lowest BCUT2D eigenvalue weighted by Crippen LogP contribution is -2.60. The number of hydrogen-bond donors (Lipinski definition) is 0. The van der Waals surface area contributed by atoms with Crippen LogP contribution in [0.1, 0.15) is 35.4 Å². The third-order valence-corrected chi connectivity index (χ3v) is 4.64. The van der Waals surface area contributed by atoms with E-state index in [2.05, 4.69) is 4.98 Å². The summed E-state index contributed by atoms with van der Waals surface area (Å²) >= 11 is 0. The normalized spacial score (nSPS) is 25.6. The first-order chi connectivity index (χ1) is 11.0. The van der Waals surface area contributed by atoms with Crippen LogP contribution in [-0.4, -0.2) is 65.5 Å². The van der Waals surface area contributed by atoms with Crippen LogP contribution in [0.5, 0.6) is 0 Å². The molecule has 1 spiro atoms. The third-order valence-electron chi connectivity index (χ3n) is 4.64. The standard InChI is InChI=1S/C17H23N3O3/c1-13-6-5-7-14(18-13)15(21)20-10-11-23-17(12-20)8-3-4-9-19(2)16(17)22/h5-7H,3-4,8-12H2,1-2H3. The molecular formula is C17H23N3O3. The van der Waals surface area contributed by atoms with Crippen LogP contribution < -0.4 is 0 Å². The molecule has 0 bridgehead atoms. The molecule has 6 heteroatoms. The Labute approximate surface area is 136 Å². The van der Waals surface area contributed by atoms with E-state index in [1.165, 1.54) is 0 Å². The van der Waals surface area contributed by atoms with Crippen LogP contribution in [-0.2, 0) is 9.53 Å². The third kappa shape index (κ3) is 3.08. The number of likely N-dealkylation sites (tertiary alicyclic amines) is 1. The van der Waals surface area contributed by atoms with E-state index in [1.807, 2.05) is 26.1 Å². The van der Waals surface area contributed by atoms with Crippen molar-refractivity contribution in [2.75, 3.05) is 33.3 Å². The fraction of sp³-hybridized carbons (Fsp3) is 0.588. The van der Waals surface area contributed by atoms with Crippen molar-refractivity contribution >= 4 is 11.8 Å². The monoisotopic (exact) mass is 317 g/mol. The first-order valence-corrected chi connectivity index (χ1v) is 8.14. The summed E-state index contributed by atoms with van der Waals surface area (Å²) < 4.78 is 5.90. The number of aryl methyl sites for hydroxylation is 1. The number of hydrogen-bond acceptors (Lipinski definition) is 4. The molecule has 2 amide bonds. The number of nitrogens with zero attached hydrogens (tertiary/aromatic N) is 3. The summed E-state index contributed by atoms with van der Waals surface area (Å²) in [6, 6.07) is 5.41. The minimum Gasteiger partial charge on any atom is -0.361 e. The van der Waals surface area contributed by atoms with Crippen LogP contribution in [0.2, 0.25) is 0 Å². The summed E-state index contributed by atoms with van der Waals surface area (Å²) in [5, 5.41) is 0. The van der Waals surface area contributed by atoms with E-state index in [9.17, 15) is 9.59 Å². The fourth-order valence-electron chi connectivity index (χ4n) is 3.38. The van der Waals surface area contributed by atoms with Crippen molar-refractivity contribution in [1.29, 1.82) is 0 Å². The van der Waals surface area contributed by atoms with Crippen molar-refractivity contribution in [2.24, 2.45) is 0 Å². The predicted molar refractivity (Wildman–Crippen MR) is 85.0 cm³/mol. The van der Waals surface area contributed by atoms with Crippen molar-refractivity contribution in [3.8, 4) is 0 Å². The van der Waals surface area contributed by atoms with Crippen LogP contribution in [0.15, 0.2) is 18.2 Å². The van der Waals surface area contributed by atoms with Crippen molar-refractivity contribution in [2.45, 2.75) is 31.8 Å². The molecular weight excluding hydrogens is 294 g/mol. The average Bonchev–Trinajstić information content (AvgIpc) is 2.69. The lowest BCUT2D eigenvalue weighted by Gasteiger charge is -2.42. The van der Waals surface area contributed by atoms with Crippen molar-refractivity contribution in [3.05, 3.63) is 29.6 Å². The molecule has 0 aliphatic carbocycles. The van der Waals surface area contributed by atoms with E-state index in [0.717, 1.165) is 25.1 Å². The number of rotatable bonds is 1. The van der Waals surface area contributed by atoms with Crippen molar-refractivity contribution in [3.63, 3.8) is 0 Å². The number of amides is 2. The Bertz CT molecular complexity index is 619. The van der Waals surface area contributed by atoms with E-state index in [0.29, 0.717) is 31.8 Å². The number of aromatic nitrogens is 1. The fourth-order valence-corrected chi connectivity index (χ4v) is 3.38. The highest BCUT2D eigenvalue weighted by atomic mass is 16.5. The molecule has 0 saturated carbocycles. The Morgan fingerprint density at radius 1 is 1.30 bits per heavy atom. The number of pyridine rings is 1. The van der Waals surface area contributed by atoms with Gasteiger partial charge in [-0.05, 0) is 38.3 Å². The van der Waals surface area contributed by atoms with E-state index in [-0.39, 0.29) is 11.8 Å². The van der Waals surface area contributed by atoms with Crippen molar-refractivity contribution < 1.29 is 14.3 Å². The Kier molecular flexibility index (Phi) is 4.35. The molecule has 2 saturated heterocycles. The number of carbonyl (C=O) groups is 2. The van der Waals surface area contributed by atoms with Crippen LogP contribution in [0.25, 0.3) is 0 Å². The summed E-state index contributed by atoms with van der Waals surface area (Å²) in [6.45, 7) is 3.80. The number of ether oxygens (including phenoxy) is 1. The predicted octanol–water partition coefficient (Wildman–Crippen LogP) is 1.24. The summed E-state index contributed by atoms with van der Waals surface area (Å²) in [5.74, 6) is -0.138. The van der Waals surface area contributed by atoms with Gasteiger partial charge in [-0.2, -0.15) is 0 Å². The number of likely N-dealkylation sites (N-methyl/N-ethyl adjacent to an activating group) is 1. The molecule has 1 aromatic rings. The van der Waals surface area contributed by atoms with Crippen LogP contribution in [0.4, 0.5) is 0 Å². The minimum absolute atomic E-state index is 0.00954. The van der Waals surface area contributed by atoms with E-state index >= 15 is 0 Å². The average molecular weight is 317 g/mol. The largest absolute Gasteiger partial charge is 0.361 e. The van der Waals surface area contributed by atoms with Gasteiger partial charge in [-0.1, -0.05) is 6.07 Å². The van der Waals surface area contributed by atoms with Crippen molar-refractivity contribution in [1.82, 2.24) is 14.8 Å². The van der Waals surface area contributed by atoms with E-state index in [4.69, 9.17) is 4.74 Å². The molecule has 2 aliphatic heterocycles. The highest BCUT2D eigenvalue weighted by Crippen LogP contribution is 2.29. The second-order valence-corrected chi connectivity index (χ2v) is 6.42. The molecule has 3 rings (SSSR count). The zero-order valence-electron chi connectivity index (χ0n) is 13.7. The lowest BCUT2D eigenvalue weighted by atomic mass is 9.94. The van der Waals surface area contributed by atoms with Gasteiger partial charge in [-0.15, -0.1) is 0 Å². The molecule has 0 radical (unpaired) electrons. The van der Waals surface area contributed by atoms with Gasteiger partial charge in [0.2, 0.25) is 0 Å². The SMILES string of the molecule is Cc1cccc(C(=O)N2CCOC3(CCCCN(C)C3=O)C2)n1. The van der Waals surface area contributed by atoms with Gasteiger partial charge in [-0.3, -0.25) is 9.59 Å². The molecule has 1 aromatic heterocycles. The van der Waals surface area contributed by atoms with Crippen LogP contribution in [0, 0.1) is 6.92 Å². The Hall–Kier alpha value is -1.95. The second kappa shape index (κ2) is 6.28. The molecule has 1 unspecified atom stereocenters. The Morgan fingerprint density at radius 2 is 2.13 bits per heavy atom. The number of morpholine rings is 1.